The van der Waals surface area contributed by atoms with Gasteiger partial charge in [-0.1, -0.05) is 18.2 Å². The number of aliphatic hydroxyl groups excluding tert-OH is 1. The minimum atomic E-state index is 0.0176. The first-order valence-corrected chi connectivity index (χ1v) is 5.84. The van der Waals surface area contributed by atoms with Gasteiger partial charge in [-0.25, -0.2) is 9.67 Å². The van der Waals surface area contributed by atoms with E-state index in [-0.39, 0.29) is 6.61 Å². The molecule has 5 nitrogen and oxygen atoms in total. The van der Waals surface area contributed by atoms with Crippen LogP contribution >= 0.6 is 0 Å². The maximum absolute atomic E-state index is 9.03. The van der Waals surface area contributed by atoms with E-state index in [0.717, 1.165) is 27.5 Å². The van der Waals surface area contributed by atoms with E-state index in [2.05, 4.69) is 10.1 Å². The van der Waals surface area contributed by atoms with Crippen molar-refractivity contribution in [3.8, 4) is 0 Å². The number of hydrogen-bond donors (Lipinski definition) is 2. The van der Waals surface area contributed by atoms with Gasteiger partial charge in [-0.05, 0) is 18.6 Å². The van der Waals surface area contributed by atoms with Crippen molar-refractivity contribution >= 4 is 27.8 Å². The Morgan fingerprint density at radius 2 is 2.22 bits per heavy atom. The van der Waals surface area contributed by atoms with Gasteiger partial charge in [0.1, 0.15) is 0 Å². The number of pyridine rings is 1. The molecule has 3 rings (SSSR count). The molecule has 0 saturated heterocycles. The number of benzene rings is 1. The number of nitrogens with two attached hydrogens (primary N) is 1. The van der Waals surface area contributed by atoms with E-state index in [4.69, 9.17) is 10.8 Å². The van der Waals surface area contributed by atoms with Crippen molar-refractivity contribution < 1.29 is 5.11 Å². The molecule has 92 valence electrons. The Labute approximate surface area is 104 Å². The number of anilines is 1. The minimum Gasteiger partial charge on any atom is -0.394 e. The third-order valence-electron chi connectivity index (χ3n) is 3.09. The van der Waals surface area contributed by atoms with Gasteiger partial charge in [0.05, 0.1) is 24.1 Å². The van der Waals surface area contributed by atoms with Gasteiger partial charge in [-0.2, -0.15) is 5.10 Å². The quantitative estimate of drug-likeness (QED) is 0.713. The molecule has 0 amide bonds. The van der Waals surface area contributed by atoms with Crippen LogP contribution in [0.15, 0.2) is 24.3 Å². The van der Waals surface area contributed by atoms with Crippen LogP contribution in [0.4, 0.5) is 5.82 Å². The zero-order chi connectivity index (χ0) is 12.7. The number of nitrogens with zero attached hydrogens (tertiary/aromatic N) is 3. The van der Waals surface area contributed by atoms with Crippen molar-refractivity contribution in [1.29, 1.82) is 0 Å². The van der Waals surface area contributed by atoms with Crippen molar-refractivity contribution in [2.75, 3.05) is 12.3 Å². The lowest BCUT2D eigenvalue weighted by molar-refractivity contribution is 0.271. The second-order valence-corrected chi connectivity index (χ2v) is 4.34. The predicted octanol–water partition coefficient (Wildman–Crippen LogP) is 1.47. The zero-order valence-electron chi connectivity index (χ0n) is 10.1. The fraction of sp³-hybridized carbons (Fsp3) is 0.231. The summed E-state index contributed by atoms with van der Waals surface area (Å²) in [5.74, 6) is 0.453. The average Bonchev–Trinajstić information content (AvgIpc) is 2.65. The monoisotopic (exact) mass is 242 g/mol. The summed E-state index contributed by atoms with van der Waals surface area (Å²) >= 11 is 0. The molecule has 2 heterocycles. The number of fused-ring (bicyclic) bond motifs is 2. The third-order valence-corrected chi connectivity index (χ3v) is 3.09. The molecule has 0 saturated carbocycles. The first-order chi connectivity index (χ1) is 8.70. The van der Waals surface area contributed by atoms with Crippen LogP contribution in [0.3, 0.4) is 0 Å². The topological polar surface area (TPSA) is 77.0 Å². The number of nitrogen functional groups attached to an aromatic ring is 1. The van der Waals surface area contributed by atoms with E-state index < -0.39 is 0 Å². The molecule has 1 aromatic carbocycles. The number of aromatic nitrogens is 3. The van der Waals surface area contributed by atoms with Gasteiger partial charge >= 0.3 is 0 Å². The molecule has 18 heavy (non-hydrogen) atoms. The van der Waals surface area contributed by atoms with E-state index in [1.54, 1.807) is 4.68 Å². The van der Waals surface area contributed by atoms with E-state index >= 15 is 0 Å². The van der Waals surface area contributed by atoms with Crippen LogP contribution in [0.25, 0.3) is 21.9 Å². The Bertz CT molecular complexity index is 733. The summed E-state index contributed by atoms with van der Waals surface area (Å²) in [4.78, 5) is 4.63. The molecular formula is C13H14N4O. The highest BCUT2D eigenvalue weighted by molar-refractivity contribution is 5.97. The lowest BCUT2D eigenvalue weighted by atomic mass is 10.1. The van der Waals surface area contributed by atoms with E-state index in [9.17, 15) is 0 Å². The third kappa shape index (κ3) is 1.52. The summed E-state index contributed by atoms with van der Waals surface area (Å²) in [6.45, 7) is 2.44. The van der Waals surface area contributed by atoms with E-state index in [1.807, 2.05) is 31.2 Å². The SMILES string of the molecule is Cc1cccc2cc3c(N)nn(CCO)c3nc12. The van der Waals surface area contributed by atoms with Crippen LogP contribution in [-0.4, -0.2) is 26.5 Å². The summed E-state index contributed by atoms with van der Waals surface area (Å²) in [6, 6.07) is 8.04. The molecule has 0 aliphatic carbocycles. The molecule has 0 bridgehead atoms. The summed E-state index contributed by atoms with van der Waals surface area (Å²) < 4.78 is 1.65. The highest BCUT2D eigenvalue weighted by Gasteiger charge is 2.11. The Balaban J connectivity index is 2.40. The molecule has 0 fully saturated rings. The first kappa shape index (κ1) is 11.0. The van der Waals surface area contributed by atoms with Crippen molar-refractivity contribution in [1.82, 2.24) is 14.8 Å². The average molecular weight is 242 g/mol. The highest BCUT2D eigenvalue weighted by atomic mass is 16.3. The molecule has 0 aliphatic rings. The normalized spacial score (nSPS) is 11.4. The van der Waals surface area contributed by atoms with Gasteiger partial charge in [0.15, 0.2) is 11.5 Å². The highest BCUT2D eigenvalue weighted by Crippen LogP contribution is 2.25. The molecule has 2 aromatic heterocycles. The first-order valence-electron chi connectivity index (χ1n) is 5.84. The maximum Gasteiger partial charge on any atom is 0.160 e. The van der Waals surface area contributed by atoms with Gasteiger partial charge < -0.3 is 10.8 Å². The smallest absolute Gasteiger partial charge is 0.160 e. The fourth-order valence-corrected chi connectivity index (χ4v) is 2.20. The van der Waals surface area contributed by atoms with Crippen LogP contribution in [0.2, 0.25) is 0 Å². The lowest BCUT2D eigenvalue weighted by Gasteiger charge is -2.03. The standard InChI is InChI=1S/C13H14N4O/c1-8-3-2-4-9-7-10-12(14)16-17(5-6-18)13(10)15-11(8)9/h2-4,7,18H,5-6H2,1H3,(H2,14,16). The van der Waals surface area contributed by atoms with Crippen molar-refractivity contribution in [2.24, 2.45) is 0 Å². The van der Waals surface area contributed by atoms with Crippen LogP contribution in [0.5, 0.6) is 0 Å². The van der Waals surface area contributed by atoms with E-state index in [1.165, 1.54) is 0 Å². The lowest BCUT2D eigenvalue weighted by Crippen LogP contribution is -2.05. The van der Waals surface area contributed by atoms with Crippen LogP contribution < -0.4 is 5.73 Å². The molecular weight excluding hydrogens is 228 g/mol. The summed E-state index contributed by atoms with van der Waals surface area (Å²) in [5, 5.41) is 15.1. The van der Waals surface area contributed by atoms with Crippen LogP contribution in [-0.2, 0) is 6.54 Å². The largest absolute Gasteiger partial charge is 0.394 e. The Hall–Kier alpha value is -2.14. The van der Waals surface area contributed by atoms with Gasteiger partial charge in [0.2, 0.25) is 0 Å². The molecule has 0 radical (unpaired) electrons. The van der Waals surface area contributed by atoms with Crippen molar-refractivity contribution in [3.05, 3.63) is 29.8 Å². The second-order valence-electron chi connectivity index (χ2n) is 4.34. The maximum atomic E-state index is 9.03. The number of aryl methyl sites for hydroxylation is 1. The number of hydrogen-bond acceptors (Lipinski definition) is 4. The van der Waals surface area contributed by atoms with Crippen LogP contribution in [0, 0.1) is 6.92 Å². The minimum absolute atomic E-state index is 0.0176. The molecule has 3 N–H and O–H groups in total. The molecule has 0 atom stereocenters. The Morgan fingerprint density at radius 3 is 3.00 bits per heavy atom. The molecule has 3 aromatic rings. The number of rotatable bonds is 2. The summed E-state index contributed by atoms with van der Waals surface area (Å²) in [5.41, 5.74) is 8.67. The van der Waals surface area contributed by atoms with Crippen molar-refractivity contribution in [2.45, 2.75) is 13.5 Å². The van der Waals surface area contributed by atoms with Gasteiger partial charge in [-0.3, -0.25) is 0 Å². The molecule has 0 spiro atoms. The molecule has 5 heteroatoms. The van der Waals surface area contributed by atoms with Crippen molar-refractivity contribution in [3.63, 3.8) is 0 Å². The van der Waals surface area contributed by atoms with Gasteiger partial charge in [0.25, 0.3) is 0 Å². The summed E-state index contributed by atoms with van der Waals surface area (Å²) in [6.07, 6.45) is 0. The predicted molar refractivity (Wildman–Crippen MR) is 71.3 cm³/mol. The Morgan fingerprint density at radius 1 is 1.39 bits per heavy atom. The molecule has 0 aliphatic heterocycles. The molecule has 0 unspecified atom stereocenters. The van der Waals surface area contributed by atoms with E-state index in [0.29, 0.717) is 12.4 Å². The fourth-order valence-electron chi connectivity index (χ4n) is 2.20. The van der Waals surface area contributed by atoms with Gasteiger partial charge in [0, 0.05) is 5.39 Å². The number of para-hydroxylation sites is 1. The van der Waals surface area contributed by atoms with Crippen LogP contribution in [0.1, 0.15) is 5.56 Å². The zero-order valence-corrected chi connectivity index (χ0v) is 10.1. The van der Waals surface area contributed by atoms with Gasteiger partial charge in [-0.15, -0.1) is 0 Å². The summed E-state index contributed by atoms with van der Waals surface area (Å²) in [7, 11) is 0. The number of aliphatic hydroxyl groups is 1. The Kier molecular flexibility index (Phi) is 2.41. The second kappa shape index (κ2) is 3.96.